The van der Waals surface area contributed by atoms with Gasteiger partial charge in [-0.25, -0.2) is 0 Å². The predicted octanol–water partition coefficient (Wildman–Crippen LogP) is 1.79. The highest BCUT2D eigenvalue weighted by Gasteiger charge is 2.24. The molecule has 1 rings (SSSR count). The molecule has 0 aromatic heterocycles. The number of primary amides is 1. The summed E-state index contributed by atoms with van der Waals surface area (Å²) in [6, 6.07) is 7.68. The number of anilines is 1. The molecule has 17 heavy (non-hydrogen) atoms. The molecule has 4 nitrogen and oxygen atoms in total. The van der Waals surface area contributed by atoms with Crippen molar-refractivity contribution in [2.75, 3.05) is 11.9 Å². The van der Waals surface area contributed by atoms with Crippen molar-refractivity contribution in [3.8, 4) is 6.07 Å². The molecule has 0 atom stereocenters. The zero-order chi connectivity index (χ0) is 13.1. The molecule has 1 aromatic carbocycles. The van der Waals surface area contributed by atoms with Crippen LogP contribution in [0, 0.1) is 23.7 Å². The van der Waals surface area contributed by atoms with Crippen molar-refractivity contribution < 1.29 is 4.79 Å². The van der Waals surface area contributed by atoms with Crippen LogP contribution < -0.4 is 11.1 Å². The number of aryl methyl sites for hydroxylation is 1. The van der Waals surface area contributed by atoms with E-state index in [0.29, 0.717) is 12.1 Å². The third kappa shape index (κ3) is 3.22. The molecular weight excluding hydrogens is 214 g/mol. The van der Waals surface area contributed by atoms with E-state index in [1.165, 1.54) is 0 Å². The summed E-state index contributed by atoms with van der Waals surface area (Å²) in [4.78, 5) is 11.2. The SMILES string of the molecule is Cc1ccc(NCC(C)(C)C(N)=O)c(C#N)c1. The fourth-order valence-corrected chi connectivity index (χ4v) is 1.31. The van der Waals surface area contributed by atoms with E-state index < -0.39 is 5.41 Å². The van der Waals surface area contributed by atoms with Crippen LogP contribution in [0.2, 0.25) is 0 Å². The van der Waals surface area contributed by atoms with Gasteiger partial charge in [0.25, 0.3) is 0 Å². The Morgan fingerprint density at radius 1 is 1.53 bits per heavy atom. The second-order valence-corrected chi connectivity index (χ2v) is 4.76. The first-order chi connectivity index (χ1) is 7.86. The van der Waals surface area contributed by atoms with Gasteiger partial charge in [0.1, 0.15) is 6.07 Å². The molecule has 0 aliphatic rings. The first-order valence-electron chi connectivity index (χ1n) is 5.41. The molecule has 0 spiro atoms. The average molecular weight is 231 g/mol. The fourth-order valence-electron chi connectivity index (χ4n) is 1.31. The second kappa shape index (κ2) is 4.88. The summed E-state index contributed by atoms with van der Waals surface area (Å²) >= 11 is 0. The Morgan fingerprint density at radius 3 is 2.71 bits per heavy atom. The predicted molar refractivity (Wildman–Crippen MR) is 67.4 cm³/mol. The summed E-state index contributed by atoms with van der Waals surface area (Å²) in [5.74, 6) is -0.365. The lowest BCUT2D eigenvalue weighted by atomic mass is 9.92. The van der Waals surface area contributed by atoms with E-state index in [4.69, 9.17) is 11.0 Å². The number of hydrogen-bond donors (Lipinski definition) is 2. The summed E-state index contributed by atoms with van der Waals surface area (Å²) in [7, 11) is 0. The molecule has 3 N–H and O–H groups in total. The quantitative estimate of drug-likeness (QED) is 0.829. The van der Waals surface area contributed by atoms with Gasteiger partial charge in [-0.1, -0.05) is 6.07 Å². The number of carbonyl (C=O) groups excluding carboxylic acids is 1. The maximum Gasteiger partial charge on any atom is 0.224 e. The second-order valence-electron chi connectivity index (χ2n) is 4.76. The van der Waals surface area contributed by atoms with E-state index in [2.05, 4.69) is 11.4 Å². The number of nitrogens with zero attached hydrogens (tertiary/aromatic N) is 1. The number of nitrogens with one attached hydrogen (secondary N) is 1. The van der Waals surface area contributed by atoms with E-state index in [-0.39, 0.29) is 5.91 Å². The van der Waals surface area contributed by atoms with Crippen LogP contribution in [0.1, 0.15) is 25.0 Å². The summed E-state index contributed by atoms with van der Waals surface area (Å²) in [6.07, 6.45) is 0. The minimum absolute atomic E-state index is 0.365. The molecule has 0 saturated heterocycles. The highest BCUT2D eigenvalue weighted by Crippen LogP contribution is 2.20. The number of nitrogens with two attached hydrogens (primary N) is 1. The molecule has 1 aromatic rings. The van der Waals surface area contributed by atoms with Crippen molar-refractivity contribution in [1.82, 2.24) is 0 Å². The number of benzene rings is 1. The van der Waals surface area contributed by atoms with Gasteiger partial charge in [-0.05, 0) is 38.5 Å². The lowest BCUT2D eigenvalue weighted by Gasteiger charge is -2.21. The summed E-state index contributed by atoms with van der Waals surface area (Å²) in [6.45, 7) is 5.86. The van der Waals surface area contributed by atoms with Crippen LogP contribution in [-0.2, 0) is 4.79 Å². The van der Waals surface area contributed by atoms with Gasteiger partial charge in [-0.15, -0.1) is 0 Å². The summed E-state index contributed by atoms with van der Waals surface area (Å²) < 4.78 is 0. The maximum absolute atomic E-state index is 11.2. The molecule has 0 aliphatic carbocycles. The smallest absolute Gasteiger partial charge is 0.224 e. The van der Waals surface area contributed by atoms with Crippen molar-refractivity contribution in [2.45, 2.75) is 20.8 Å². The minimum atomic E-state index is -0.641. The van der Waals surface area contributed by atoms with Gasteiger partial charge < -0.3 is 11.1 Å². The molecule has 4 heteroatoms. The zero-order valence-corrected chi connectivity index (χ0v) is 10.4. The molecule has 0 aliphatic heterocycles. The van der Waals surface area contributed by atoms with Crippen LogP contribution in [0.3, 0.4) is 0 Å². The van der Waals surface area contributed by atoms with Crippen LogP contribution in [0.4, 0.5) is 5.69 Å². The van der Waals surface area contributed by atoms with Crippen LogP contribution in [0.5, 0.6) is 0 Å². The monoisotopic (exact) mass is 231 g/mol. The molecule has 0 saturated carbocycles. The number of carbonyl (C=O) groups is 1. The van der Waals surface area contributed by atoms with Crippen molar-refractivity contribution in [3.63, 3.8) is 0 Å². The largest absolute Gasteiger partial charge is 0.383 e. The van der Waals surface area contributed by atoms with Crippen LogP contribution >= 0.6 is 0 Å². The molecule has 0 fully saturated rings. The van der Waals surface area contributed by atoms with Crippen molar-refractivity contribution in [3.05, 3.63) is 29.3 Å². The fraction of sp³-hybridized carbons (Fsp3) is 0.385. The van der Waals surface area contributed by atoms with Gasteiger partial charge in [0.05, 0.1) is 16.7 Å². The van der Waals surface area contributed by atoms with Gasteiger partial charge >= 0.3 is 0 Å². The molecule has 0 radical (unpaired) electrons. The molecule has 0 heterocycles. The Hall–Kier alpha value is -2.02. The van der Waals surface area contributed by atoms with E-state index in [9.17, 15) is 4.79 Å². The van der Waals surface area contributed by atoms with E-state index >= 15 is 0 Å². The van der Waals surface area contributed by atoms with Crippen molar-refractivity contribution in [1.29, 1.82) is 5.26 Å². The highest BCUT2D eigenvalue weighted by molar-refractivity contribution is 5.80. The Kier molecular flexibility index (Phi) is 3.74. The molecule has 0 unspecified atom stereocenters. The van der Waals surface area contributed by atoms with Gasteiger partial charge in [-0.2, -0.15) is 5.26 Å². The lowest BCUT2D eigenvalue weighted by molar-refractivity contribution is -0.125. The Morgan fingerprint density at radius 2 is 2.18 bits per heavy atom. The van der Waals surface area contributed by atoms with E-state index in [0.717, 1.165) is 11.3 Å². The van der Waals surface area contributed by atoms with Crippen LogP contribution in [-0.4, -0.2) is 12.5 Å². The molecule has 1 amide bonds. The normalized spacial score (nSPS) is 10.7. The number of hydrogen-bond acceptors (Lipinski definition) is 3. The third-order valence-electron chi connectivity index (χ3n) is 2.68. The highest BCUT2D eigenvalue weighted by atomic mass is 16.1. The molecule has 90 valence electrons. The van der Waals surface area contributed by atoms with Gasteiger partial charge in [0, 0.05) is 6.54 Å². The minimum Gasteiger partial charge on any atom is -0.383 e. The van der Waals surface area contributed by atoms with Crippen LogP contribution in [0.15, 0.2) is 18.2 Å². The molecular formula is C13H17N3O. The number of nitriles is 1. The Labute approximate surface area is 101 Å². The van der Waals surface area contributed by atoms with Gasteiger partial charge in [0.2, 0.25) is 5.91 Å². The average Bonchev–Trinajstić information content (AvgIpc) is 2.27. The van der Waals surface area contributed by atoms with Crippen LogP contribution in [0.25, 0.3) is 0 Å². The first kappa shape index (κ1) is 13.0. The number of amides is 1. The first-order valence-corrected chi connectivity index (χ1v) is 5.41. The van der Waals surface area contributed by atoms with Gasteiger partial charge in [0.15, 0.2) is 0 Å². The third-order valence-corrected chi connectivity index (χ3v) is 2.68. The van der Waals surface area contributed by atoms with Crippen molar-refractivity contribution >= 4 is 11.6 Å². The topological polar surface area (TPSA) is 78.9 Å². The molecule has 0 bridgehead atoms. The maximum atomic E-state index is 11.2. The number of rotatable bonds is 4. The lowest BCUT2D eigenvalue weighted by Crippen LogP contribution is -2.37. The summed E-state index contributed by atoms with van der Waals surface area (Å²) in [5, 5.41) is 12.1. The standard InChI is InChI=1S/C13H17N3O/c1-9-4-5-11(10(6-9)7-14)16-8-13(2,3)12(15)17/h4-6,16H,8H2,1-3H3,(H2,15,17). The van der Waals surface area contributed by atoms with Crippen molar-refractivity contribution in [2.24, 2.45) is 11.1 Å². The van der Waals surface area contributed by atoms with E-state index in [1.54, 1.807) is 19.9 Å². The van der Waals surface area contributed by atoms with E-state index in [1.807, 2.05) is 19.1 Å². The Balaban J connectivity index is 2.84. The Bertz CT molecular complexity index is 472. The summed E-state index contributed by atoms with van der Waals surface area (Å²) in [5.41, 5.74) is 6.98. The van der Waals surface area contributed by atoms with Gasteiger partial charge in [-0.3, -0.25) is 4.79 Å². The zero-order valence-electron chi connectivity index (χ0n) is 10.4.